The van der Waals surface area contributed by atoms with Crippen LogP contribution in [0.1, 0.15) is 158 Å². The molecule has 0 bridgehead atoms. The second-order valence-corrected chi connectivity index (χ2v) is 21.0. The fraction of sp³-hybridized carbons (Fsp3) is 0.844. The summed E-state index contributed by atoms with van der Waals surface area (Å²) in [6, 6.07) is 0. The number of likely N-dealkylation sites (tertiary alicyclic amines) is 1. The normalized spacial score (nSPS) is 43.9. The van der Waals surface area contributed by atoms with Gasteiger partial charge in [-0.15, -0.1) is 0 Å². The number of allylic oxidation sites excluding steroid dienone is 3. The van der Waals surface area contributed by atoms with E-state index < -0.39 is 0 Å². The molecule has 2 unspecified atom stereocenters. The first-order chi connectivity index (χ1) is 23.2. The molecule has 1 amide bonds. The lowest BCUT2D eigenvalue weighted by Crippen LogP contribution is -2.76. The molecular weight excluding hydrogens is 617 g/mol. The number of hydrogen-bond acceptors (Lipinski definition) is 4. The molecule has 1 heterocycles. The number of aliphatic hydroxyl groups excluding tert-OH is 1. The van der Waals surface area contributed by atoms with Crippen molar-refractivity contribution in [2.45, 2.75) is 170 Å². The van der Waals surface area contributed by atoms with Gasteiger partial charge in [0.1, 0.15) is 6.10 Å². The Labute approximate surface area is 306 Å². The quantitative estimate of drug-likeness (QED) is 0.186. The fourth-order valence-corrected chi connectivity index (χ4v) is 14.9. The van der Waals surface area contributed by atoms with Gasteiger partial charge in [0, 0.05) is 43.3 Å². The SMILES string of the molecule is C=C(O)CC(C)(C)CC(=C)OC1CC[C@]2(C)[C@H]3CCC4(N)[C@H]5[C@H](C(=C)C)CC[C@]5(CC(=O)N5CCCCC5)CC[C@@]4(C)[C@]3(C)CC[C@H]2C1(C)C. The minimum absolute atomic E-state index is 0.00449. The molecule has 0 aromatic rings. The first kappa shape index (κ1) is 38.0. The number of nitrogens with zero attached hydrogens (tertiary/aromatic N) is 1. The van der Waals surface area contributed by atoms with Gasteiger partial charge in [-0.1, -0.05) is 73.8 Å². The predicted molar refractivity (Wildman–Crippen MR) is 206 cm³/mol. The average molecular weight is 691 g/mol. The number of amides is 1. The van der Waals surface area contributed by atoms with Crippen molar-refractivity contribution in [2.24, 2.45) is 61.9 Å². The second-order valence-electron chi connectivity index (χ2n) is 21.0. The molecule has 5 heteroatoms. The van der Waals surface area contributed by atoms with Crippen molar-refractivity contribution >= 4 is 5.91 Å². The maximum absolute atomic E-state index is 14.0. The van der Waals surface area contributed by atoms with Crippen LogP contribution in [0.15, 0.2) is 36.8 Å². The molecule has 1 aliphatic heterocycles. The highest BCUT2D eigenvalue weighted by molar-refractivity contribution is 5.77. The van der Waals surface area contributed by atoms with Gasteiger partial charge in [-0.3, -0.25) is 4.79 Å². The van der Waals surface area contributed by atoms with Crippen LogP contribution in [0, 0.1) is 56.2 Å². The Morgan fingerprint density at radius 2 is 1.52 bits per heavy atom. The number of nitrogens with two attached hydrogens (primary N) is 1. The van der Waals surface area contributed by atoms with Crippen molar-refractivity contribution in [1.29, 1.82) is 0 Å². The summed E-state index contributed by atoms with van der Waals surface area (Å²) in [7, 11) is 0. The third kappa shape index (κ3) is 5.76. The lowest BCUT2D eigenvalue weighted by atomic mass is 9.30. The van der Waals surface area contributed by atoms with E-state index in [1.54, 1.807) is 0 Å². The van der Waals surface area contributed by atoms with E-state index in [4.69, 9.17) is 10.5 Å². The Balaban J connectivity index is 1.26. The second kappa shape index (κ2) is 12.7. The predicted octanol–water partition coefficient (Wildman–Crippen LogP) is 10.9. The Hall–Kier alpha value is -1.75. The third-order valence-corrected chi connectivity index (χ3v) is 17.3. The number of carbonyl (C=O) groups excluding carboxylic acids is 1. The summed E-state index contributed by atoms with van der Waals surface area (Å²) < 4.78 is 6.80. The number of aliphatic hydroxyl groups is 1. The minimum Gasteiger partial charge on any atom is -0.513 e. The molecule has 0 radical (unpaired) electrons. The molecule has 0 spiro atoms. The maximum Gasteiger partial charge on any atom is 0.223 e. The van der Waals surface area contributed by atoms with Crippen LogP contribution in [0.3, 0.4) is 0 Å². The van der Waals surface area contributed by atoms with Crippen LogP contribution < -0.4 is 5.73 Å². The standard InChI is InChI=1S/C45H74N2O3/c1-30(2)33-15-21-44(29-37(49)47-25-13-12-14-26-47)24-23-43(11)42(10)20-16-34-40(7,8)36(50-32(4)28-39(5,6)27-31(3)48)18-19-41(34,9)35(42)17-22-45(43,46)38(33)44/h33-36,38,48H,1,3-4,12-29,46H2,2,5-11H3/t33-,34-,35+,36?,38-,41-,42+,43-,44+,45?/m0/s1. The Kier molecular flexibility index (Phi) is 9.64. The van der Waals surface area contributed by atoms with Gasteiger partial charge >= 0.3 is 0 Å². The number of ether oxygens (including phenoxy) is 1. The van der Waals surface area contributed by atoms with Crippen molar-refractivity contribution in [3.05, 3.63) is 36.8 Å². The summed E-state index contributed by atoms with van der Waals surface area (Å²) in [5.74, 6) is 3.36. The summed E-state index contributed by atoms with van der Waals surface area (Å²) >= 11 is 0. The highest BCUT2D eigenvalue weighted by Crippen LogP contribution is 2.78. The van der Waals surface area contributed by atoms with Crippen molar-refractivity contribution in [3.63, 3.8) is 0 Å². The molecule has 0 aromatic carbocycles. The van der Waals surface area contributed by atoms with Gasteiger partial charge in [0.25, 0.3) is 0 Å². The van der Waals surface area contributed by atoms with E-state index in [2.05, 4.69) is 80.0 Å². The van der Waals surface area contributed by atoms with Gasteiger partial charge < -0.3 is 20.5 Å². The highest BCUT2D eigenvalue weighted by atomic mass is 16.5. The van der Waals surface area contributed by atoms with Gasteiger partial charge in [0.05, 0.1) is 11.5 Å². The first-order valence-electron chi connectivity index (χ1n) is 20.6. The van der Waals surface area contributed by atoms with E-state index in [0.29, 0.717) is 42.4 Å². The largest absolute Gasteiger partial charge is 0.513 e. The zero-order valence-electron chi connectivity index (χ0n) is 33.5. The van der Waals surface area contributed by atoms with E-state index in [9.17, 15) is 9.90 Å². The van der Waals surface area contributed by atoms with Crippen LogP contribution in [-0.2, 0) is 9.53 Å². The molecule has 5 saturated carbocycles. The van der Waals surface area contributed by atoms with Gasteiger partial charge in [0.2, 0.25) is 5.91 Å². The maximum atomic E-state index is 14.0. The Morgan fingerprint density at radius 3 is 2.16 bits per heavy atom. The van der Waals surface area contributed by atoms with Crippen LogP contribution in [0.25, 0.3) is 0 Å². The summed E-state index contributed by atoms with van der Waals surface area (Å²) in [6.45, 7) is 34.0. The summed E-state index contributed by atoms with van der Waals surface area (Å²) in [4.78, 5) is 16.2. The van der Waals surface area contributed by atoms with Crippen molar-refractivity contribution in [3.8, 4) is 0 Å². The van der Waals surface area contributed by atoms with Crippen LogP contribution in [-0.4, -0.2) is 40.6 Å². The van der Waals surface area contributed by atoms with Gasteiger partial charge in [0.15, 0.2) is 0 Å². The van der Waals surface area contributed by atoms with E-state index >= 15 is 0 Å². The molecule has 282 valence electrons. The molecular formula is C45H74N2O3. The van der Waals surface area contributed by atoms with Gasteiger partial charge in [-0.25, -0.2) is 0 Å². The average Bonchev–Trinajstić information content (AvgIpc) is 3.40. The minimum atomic E-state index is -0.303. The summed E-state index contributed by atoms with van der Waals surface area (Å²) in [5.41, 5.74) is 9.37. The van der Waals surface area contributed by atoms with Crippen molar-refractivity contribution in [1.82, 2.24) is 4.90 Å². The number of hydrogen-bond donors (Lipinski definition) is 2. The number of fused-ring (bicyclic) bond motifs is 7. The van der Waals surface area contributed by atoms with E-state index in [1.807, 2.05) is 0 Å². The summed E-state index contributed by atoms with van der Waals surface area (Å²) in [5, 5.41) is 9.87. The molecule has 1 saturated heterocycles. The molecule has 5 nitrogen and oxygen atoms in total. The molecule has 6 aliphatic rings. The zero-order chi connectivity index (χ0) is 36.7. The highest BCUT2D eigenvalue weighted by Gasteiger charge is 2.75. The van der Waals surface area contributed by atoms with Crippen LogP contribution in [0.4, 0.5) is 0 Å². The molecule has 3 N–H and O–H groups in total. The van der Waals surface area contributed by atoms with Crippen molar-refractivity contribution in [2.75, 3.05) is 13.1 Å². The smallest absolute Gasteiger partial charge is 0.223 e. The molecule has 10 atom stereocenters. The first-order valence-corrected chi connectivity index (χ1v) is 20.6. The number of rotatable bonds is 9. The van der Waals surface area contributed by atoms with E-state index in [1.165, 1.54) is 37.7 Å². The number of piperidine rings is 1. The van der Waals surface area contributed by atoms with Gasteiger partial charge in [-0.2, -0.15) is 0 Å². The molecule has 6 rings (SSSR count). The zero-order valence-corrected chi connectivity index (χ0v) is 33.5. The molecule has 50 heavy (non-hydrogen) atoms. The van der Waals surface area contributed by atoms with Crippen LogP contribution in [0.2, 0.25) is 0 Å². The molecule has 0 aromatic heterocycles. The monoisotopic (exact) mass is 691 g/mol. The number of carbonyl (C=O) groups is 1. The molecule has 6 fully saturated rings. The third-order valence-electron chi connectivity index (χ3n) is 17.3. The summed E-state index contributed by atoms with van der Waals surface area (Å²) in [6.07, 6.45) is 17.0. The Morgan fingerprint density at radius 1 is 0.860 bits per heavy atom. The topological polar surface area (TPSA) is 75.8 Å². The van der Waals surface area contributed by atoms with Crippen LogP contribution >= 0.6 is 0 Å². The van der Waals surface area contributed by atoms with E-state index in [-0.39, 0.29) is 49.9 Å². The van der Waals surface area contributed by atoms with Gasteiger partial charge in [-0.05, 0) is 141 Å². The lowest BCUT2D eigenvalue weighted by molar-refractivity contribution is -0.255. The van der Waals surface area contributed by atoms with Crippen molar-refractivity contribution < 1.29 is 14.6 Å². The lowest BCUT2D eigenvalue weighted by Gasteiger charge is -2.75. The fourth-order valence-electron chi connectivity index (χ4n) is 14.9. The van der Waals surface area contributed by atoms with E-state index in [0.717, 1.165) is 76.6 Å². The van der Waals surface area contributed by atoms with Crippen LogP contribution in [0.5, 0.6) is 0 Å². The molecule has 5 aliphatic carbocycles. The Bertz CT molecular complexity index is 1380.